The van der Waals surface area contributed by atoms with E-state index >= 15 is 0 Å². The predicted octanol–water partition coefficient (Wildman–Crippen LogP) is 3.75. The minimum atomic E-state index is -0.00222. The van der Waals surface area contributed by atoms with Crippen LogP contribution in [-0.2, 0) is 4.74 Å². The molecule has 0 aromatic carbocycles. The van der Waals surface area contributed by atoms with E-state index in [2.05, 4.69) is 26.1 Å². The van der Waals surface area contributed by atoms with Crippen molar-refractivity contribution >= 4 is 0 Å². The molecule has 2 nitrogen and oxygen atoms in total. The summed E-state index contributed by atoms with van der Waals surface area (Å²) in [5, 5.41) is 3.71. The number of hydrogen-bond acceptors (Lipinski definition) is 2. The Kier molecular flexibility index (Phi) is 6.50. The molecular weight excluding hydrogens is 210 g/mol. The van der Waals surface area contributed by atoms with Gasteiger partial charge in [-0.2, -0.15) is 0 Å². The lowest BCUT2D eigenvalue weighted by Gasteiger charge is -2.38. The summed E-state index contributed by atoms with van der Waals surface area (Å²) in [5.74, 6) is 0.922. The molecule has 0 amide bonds. The molecule has 17 heavy (non-hydrogen) atoms. The highest BCUT2D eigenvalue weighted by Gasteiger charge is 2.34. The largest absolute Gasteiger partial charge is 0.377 e. The van der Waals surface area contributed by atoms with Crippen LogP contribution in [0.3, 0.4) is 0 Å². The monoisotopic (exact) mass is 241 g/mol. The second kappa shape index (κ2) is 7.38. The summed E-state index contributed by atoms with van der Waals surface area (Å²) in [6.45, 7) is 7.83. The lowest BCUT2D eigenvalue weighted by atomic mass is 9.85. The summed E-state index contributed by atoms with van der Waals surface area (Å²) < 4.78 is 5.79. The van der Waals surface area contributed by atoms with Crippen LogP contribution in [-0.4, -0.2) is 25.3 Å². The summed E-state index contributed by atoms with van der Waals surface area (Å²) in [4.78, 5) is 0. The molecule has 0 spiro atoms. The molecule has 2 atom stereocenters. The van der Waals surface area contributed by atoms with Crippen LogP contribution in [0.1, 0.15) is 65.7 Å². The highest BCUT2D eigenvalue weighted by Crippen LogP contribution is 2.32. The molecule has 0 aromatic heterocycles. The molecule has 0 heterocycles. The van der Waals surface area contributed by atoms with Gasteiger partial charge in [-0.15, -0.1) is 0 Å². The van der Waals surface area contributed by atoms with E-state index in [1.165, 1.54) is 38.5 Å². The molecule has 1 aliphatic rings. The third kappa shape index (κ3) is 4.26. The van der Waals surface area contributed by atoms with Gasteiger partial charge in [0.25, 0.3) is 0 Å². The normalized spacial score (nSPS) is 22.6. The zero-order chi connectivity index (χ0) is 12.7. The lowest BCUT2D eigenvalue weighted by molar-refractivity contribution is -0.0348. The number of methoxy groups -OCH3 is 1. The Morgan fingerprint density at radius 2 is 1.94 bits per heavy atom. The fourth-order valence-electron chi connectivity index (χ4n) is 2.98. The maximum atomic E-state index is 5.79. The highest BCUT2D eigenvalue weighted by molar-refractivity contribution is 4.90. The van der Waals surface area contributed by atoms with Gasteiger partial charge in [0, 0.05) is 13.2 Å². The van der Waals surface area contributed by atoms with Crippen molar-refractivity contribution in [3.63, 3.8) is 0 Å². The number of rotatable bonds is 8. The molecule has 1 saturated carbocycles. The zero-order valence-corrected chi connectivity index (χ0v) is 12.2. The van der Waals surface area contributed by atoms with Gasteiger partial charge in [0.15, 0.2) is 0 Å². The summed E-state index contributed by atoms with van der Waals surface area (Å²) in [7, 11) is 1.86. The molecule has 0 saturated heterocycles. The molecule has 102 valence electrons. The fraction of sp³-hybridized carbons (Fsp3) is 1.00. The van der Waals surface area contributed by atoms with E-state index in [9.17, 15) is 0 Å². The van der Waals surface area contributed by atoms with Crippen molar-refractivity contribution in [2.45, 2.75) is 77.4 Å². The SMILES string of the molecule is CCCNC(CC1CCCC1)C(C)(CC)OC. The highest BCUT2D eigenvalue weighted by atomic mass is 16.5. The van der Waals surface area contributed by atoms with Crippen LogP contribution in [0.2, 0.25) is 0 Å². The van der Waals surface area contributed by atoms with Crippen LogP contribution >= 0.6 is 0 Å². The first kappa shape index (κ1) is 15.0. The van der Waals surface area contributed by atoms with Gasteiger partial charge in [-0.05, 0) is 38.6 Å². The molecule has 0 bridgehead atoms. The van der Waals surface area contributed by atoms with Crippen molar-refractivity contribution in [3.05, 3.63) is 0 Å². The smallest absolute Gasteiger partial charge is 0.0800 e. The quantitative estimate of drug-likeness (QED) is 0.699. The first-order valence-corrected chi connectivity index (χ1v) is 7.44. The predicted molar refractivity (Wildman–Crippen MR) is 74.4 cm³/mol. The molecular formula is C15H31NO. The van der Waals surface area contributed by atoms with E-state index in [0.29, 0.717) is 6.04 Å². The first-order valence-electron chi connectivity index (χ1n) is 7.44. The van der Waals surface area contributed by atoms with Gasteiger partial charge in [0.2, 0.25) is 0 Å². The van der Waals surface area contributed by atoms with E-state index < -0.39 is 0 Å². The third-order valence-corrected chi connectivity index (χ3v) is 4.59. The van der Waals surface area contributed by atoms with Crippen molar-refractivity contribution in [1.82, 2.24) is 5.32 Å². The van der Waals surface area contributed by atoms with E-state index in [0.717, 1.165) is 18.9 Å². The molecule has 2 unspecified atom stereocenters. The molecule has 1 N–H and O–H groups in total. The Morgan fingerprint density at radius 3 is 2.41 bits per heavy atom. The number of ether oxygens (including phenoxy) is 1. The average Bonchev–Trinajstić information content (AvgIpc) is 2.86. The molecule has 1 rings (SSSR count). The van der Waals surface area contributed by atoms with Gasteiger partial charge in [-0.1, -0.05) is 39.5 Å². The van der Waals surface area contributed by atoms with Crippen LogP contribution in [0.5, 0.6) is 0 Å². The Bertz CT molecular complexity index is 195. The number of nitrogens with one attached hydrogen (secondary N) is 1. The van der Waals surface area contributed by atoms with E-state index in [1.54, 1.807) is 0 Å². The van der Waals surface area contributed by atoms with Gasteiger partial charge >= 0.3 is 0 Å². The van der Waals surface area contributed by atoms with Crippen molar-refractivity contribution in [1.29, 1.82) is 0 Å². The van der Waals surface area contributed by atoms with E-state index in [4.69, 9.17) is 4.74 Å². The molecule has 0 aliphatic heterocycles. The minimum absolute atomic E-state index is 0.00222. The van der Waals surface area contributed by atoms with Crippen LogP contribution < -0.4 is 5.32 Å². The fourth-order valence-corrected chi connectivity index (χ4v) is 2.98. The topological polar surface area (TPSA) is 21.3 Å². The lowest BCUT2D eigenvalue weighted by Crippen LogP contribution is -2.50. The van der Waals surface area contributed by atoms with Crippen LogP contribution in [0.25, 0.3) is 0 Å². The van der Waals surface area contributed by atoms with Crippen molar-refractivity contribution in [3.8, 4) is 0 Å². The second-order valence-electron chi connectivity index (χ2n) is 5.76. The maximum Gasteiger partial charge on any atom is 0.0800 e. The maximum absolute atomic E-state index is 5.79. The Morgan fingerprint density at radius 1 is 1.29 bits per heavy atom. The molecule has 1 fully saturated rings. The Hall–Kier alpha value is -0.0800. The van der Waals surface area contributed by atoms with Crippen molar-refractivity contribution in [2.24, 2.45) is 5.92 Å². The summed E-state index contributed by atoms with van der Waals surface area (Å²) in [6.07, 6.45) is 9.28. The van der Waals surface area contributed by atoms with E-state index in [-0.39, 0.29) is 5.60 Å². The van der Waals surface area contributed by atoms with Crippen LogP contribution in [0.15, 0.2) is 0 Å². The summed E-state index contributed by atoms with van der Waals surface area (Å²) in [5.41, 5.74) is -0.00222. The molecule has 0 radical (unpaired) electrons. The molecule has 2 heteroatoms. The summed E-state index contributed by atoms with van der Waals surface area (Å²) in [6, 6.07) is 0.514. The average molecular weight is 241 g/mol. The Labute approximate surface area is 108 Å². The minimum Gasteiger partial charge on any atom is -0.377 e. The van der Waals surface area contributed by atoms with Crippen LogP contribution in [0, 0.1) is 5.92 Å². The van der Waals surface area contributed by atoms with E-state index in [1.807, 2.05) is 7.11 Å². The second-order valence-corrected chi connectivity index (χ2v) is 5.76. The van der Waals surface area contributed by atoms with Gasteiger partial charge in [-0.25, -0.2) is 0 Å². The number of hydrogen-bond donors (Lipinski definition) is 1. The molecule has 1 aliphatic carbocycles. The zero-order valence-electron chi connectivity index (χ0n) is 12.2. The standard InChI is InChI=1S/C15H31NO/c1-5-11-16-14(15(3,6-2)17-4)12-13-9-7-8-10-13/h13-14,16H,5-12H2,1-4H3. The van der Waals surface area contributed by atoms with Crippen LogP contribution in [0.4, 0.5) is 0 Å². The third-order valence-electron chi connectivity index (χ3n) is 4.59. The van der Waals surface area contributed by atoms with Gasteiger partial charge in [-0.3, -0.25) is 0 Å². The summed E-state index contributed by atoms with van der Waals surface area (Å²) >= 11 is 0. The molecule has 0 aromatic rings. The first-order chi connectivity index (χ1) is 8.16. The van der Waals surface area contributed by atoms with Gasteiger partial charge in [0.1, 0.15) is 0 Å². The van der Waals surface area contributed by atoms with Crippen molar-refractivity contribution < 1.29 is 4.74 Å². The van der Waals surface area contributed by atoms with Crippen molar-refractivity contribution in [2.75, 3.05) is 13.7 Å². The Balaban J connectivity index is 2.57. The van der Waals surface area contributed by atoms with Gasteiger partial charge < -0.3 is 10.1 Å². The van der Waals surface area contributed by atoms with Gasteiger partial charge in [0.05, 0.1) is 5.60 Å².